The van der Waals surface area contributed by atoms with Crippen molar-refractivity contribution in [3.8, 4) is 11.5 Å². The van der Waals surface area contributed by atoms with E-state index in [0.717, 1.165) is 36.7 Å². The summed E-state index contributed by atoms with van der Waals surface area (Å²) in [7, 11) is 0. The van der Waals surface area contributed by atoms with Crippen molar-refractivity contribution in [1.29, 1.82) is 0 Å². The Morgan fingerprint density at radius 2 is 1.83 bits per heavy atom. The van der Waals surface area contributed by atoms with Gasteiger partial charge in [0.2, 0.25) is 0 Å². The van der Waals surface area contributed by atoms with Gasteiger partial charge in [0.15, 0.2) is 11.5 Å². The zero-order valence-corrected chi connectivity index (χ0v) is 15.2. The fourth-order valence-electron chi connectivity index (χ4n) is 1.81. The number of halogens is 2. The highest BCUT2D eigenvalue weighted by molar-refractivity contribution is 5.85. The van der Waals surface area contributed by atoms with Crippen LogP contribution < -0.4 is 20.1 Å². The molecular formula is C16H28Cl2N2O3. The van der Waals surface area contributed by atoms with Crippen LogP contribution in [0, 0.1) is 0 Å². The molecule has 0 aliphatic heterocycles. The molecule has 0 fully saturated rings. The van der Waals surface area contributed by atoms with Crippen molar-refractivity contribution >= 4 is 24.8 Å². The molecule has 134 valence electrons. The van der Waals surface area contributed by atoms with Crippen molar-refractivity contribution < 1.29 is 14.6 Å². The molecule has 5 nitrogen and oxygen atoms in total. The van der Waals surface area contributed by atoms with Crippen molar-refractivity contribution in [3.05, 3.63) is 36.4 Å². The predicted octanol–water partition coefficient (Wildman–Crippen LogP) is 2.17. The quantitative estimate of drug-likeness (QED) is 0.390. The van der Waals surface area contributed by atoms with Crippen LogP contribution in [0.2, 0.25) is 0 Å². The zero-order valence-electron chi connectivity index (χ0n) is 13.5. The molecule has 0 aliphatic rings. The first-order valence-electron chi connectivity index (χ1n) is 7.33. The van der Waals surface area contributed by atoms with Crippen molar-refractivity contribution in [2.24, 2.45) is 0 Å². The summed E-state index contributed by atoms with van der Waals surface area (Å²) >= 11 is 0. The third kappa shape index (κ3) is 10.4. The van der Waals surface area contributed by atoms with E-state index in [2.05, 4.69) is 17.2 Å². The molecule has 0 amide bonds. The van der Waals surface area contributed by atoms with Gasteiger partial charge in [-0.05, 0) is 24.6 Å². The lowest BCUT2D eigenvalue weighted by atomic mass is 10.2. The molecule has 0 atom stereocenters. The lowest BCUT2D eigenvalue weighted by Gasteiger charge is -2.13. The Morgan fingerprint density at radius 1 is 1.09 bits per heavy atom. The van der Waals surface area contributed by atoms with Gasteiger partial charge < -0.3 is 25.2 Å². The van der Waals surface area contributed by atoms with E-state index in [9.17, 15) is 0 Å². The van der Waals surface area contributed by atoms with Gasteiger partial charge in [0.1, 0.15) is 6.61 Å². The second-order valence-electron chi connectivity index (χ2n) is 4.46. The summed E-state index contributed by atoms with van der Waals surface area (Å²) in [5.74, 6) is 1.50. The van der Waals surface area contributed by atoms with Crippen LogP contribution in [0.15, 0.2) is 30.9 Å². The molecule has 0 bridgehead atoms. The van der Waals surface area contributed by atoms with Crippen LogP contribution in [0.1, 0.15) is 12.5 Å². The largest absolute Gasteiger partial charge is 0.490 e. The predicted molar refractivity (Wildman–Crippen MR) is 99.5 cm³/mol. The molecule has 0 radical (unpaired) electrons. The maximum Gasteiger partial charge on any atom is 0.161 e. The molecule has 0 saturated heterocycles. The molecule has 0 unspecified atom stereocenters. The van der Waals surface area contributed by atoms with Crippen LogP contribution in [-0.2, 0) is 6.54 Å². The number of hydrogen-bond acceptors (Lipinski definition) is 5. The first-order chi connectivity index (χ1) is 10.3. The van der Waals surface area contributed by atoms with Gasteiger partial charge in [0, 0.05) is 26.2 Å². The van der Waals surface area contributed by atoms with Gasteiger partial charge in [-0.15, -0.1) is 24.8 Å². The second-order valence-corrected chi connectivity index (χ2v) is 4.46. The van der Waals surface area contributed by atoms with Gasteiger partial charge in [-0.25, -0.2) is 0 Å². The van der Waals surface area contributed by atoms with E-state index >= 15 is 0 Å². The van der Waals surface area contributed by atoms with Crippen molar-refractivity contribution in [2.45, 2.75) is 13.5 Å². The summed E-state index contributed by atoms with van der Waals surface area (Å²) in [5.41, 5.74) is 1.14. The minimum absolute atomic E-state index is 0. The van der Waals surface area contributed by atoms with E-state index in [0.29, 0.717) is 19.8 Å². The molecule has 0 aliphatic carbocycles. The smallest absolute Gasteiger partial charge is 0.161 e. The van der Waals surface area contributed by atoms with Crippen LogP contribution in [0.25, 0.3) is 0 Å². The van der Waals surface area contributed by atoms with E-state index in [1.165, 1.54) is 0 Å². The van der Waals surface area contributed by atoms with Gasteiger partial charge in [0.05, 0.1) is 13.2 Å². The maximum atomic E-state index is 8.65. The SMILES string of the molecule is C=CCOc1ccc(CNCCNCCO)cc1OCC.Cl.Cl. The number of aliphatic hydroxyl groups excluding tert-OH is 1. The molecule has 0 saturated carbocycles. The summed E-state index contributed by atoms with van der Waals surface area (Å²) in [6.07, 6.45) is 1.71. The van der Waals surface area contributed by atoms with Crippen molar-refractivity contribution in [2.75, 3.05) is 39.5 Å². The average molecular weight is 367 g/mol. The van der Waals surface area contributed by atoms with Gasteiger partial charge >= 0.3 is 0 Å². The van der Waals surface area contributed by atoms with Gasteiger partial charge in [-0.2, -0.15) is 0 Å². The zero-order chi connectivity index (χ0) is 15.3. The molecular weight excluding hydrogens is 339 g/mol. The van der Waals surface area contributed by atoms with E-state index in [-0.39, 0.29) is 31.4 Å². The molecule has 1 aromatic rings. The van der Waals surface area contributed by atoms with Crippen LogP contribution in [0.4, 0.5) is 0 Å². The highest BCUT2D eigenvalue weighted by Crippen LogP contribution is 2.28. The Morgan fingerprint density at radius 3 is 2.48 bits per heavy atom. The molecule has 23 heavy (non-hydrogen) atoms. The number of hydrogen-bond donors (Lipinski definition) is 3. The molecule has 3 N–H and O–H groups in total. The van der Waals surface area contributed by atoms with E-state index in [1.807, 2.05) is 25.1 Å². The fraction of sp³-hybridized carbons (Fsp3) is 0.500. The average Bonchev–Trinajstić information content (AvgIpc) is 2.50. The third-order valence-corrected chi connectivity index (χ3v) is 2.76. The standard InChI is InChI=1S/C16H26N2O3.2ClH/c1-3-11-21-15-6-5-14(12-16(15)20-4-2)13-18-8-7-17-9-10-19;;/h3,5-6,12,17-19H,1,4,7-11,13H2,2H3;2*1H. The summed E-state index contributed by atoms with van der Waals surface area (Å²) < 4.78 is 11.2. The molecule has 0 spiro atoms. The van der Waals surface area contributed by atoms with E-state index in [4.69, 9.17) is 14.6 Å². The molecule has 1 rings (SSSR count). The van der Waals surface area contributed by atoms with Gasteiger partial charge in [0.25, 0.3) is 0 Å². The summed E-state index contributed by atoms with van der Waals surface area (Å²) in [6, 6.07) is 5.95. The monoisotopic (exact) mass is 366 g/mol. The highest BCUT2D eigenvalue weighted by Gasteiger charge is 2.06. The Bertz CT molecular complexity index is 420. The number of aliphatic hydroxyl groups is 1. The molecule has 0 heterocycles. The number of benzene rings is 1. The van der Waals surface area contributed by atoms with E-state index in [1.54, 1.807) is 6.08 Å². The first-order valence-corrected chi connectivity index (χ1v) is 7.33. The summed E-state index contributed by atoms with van der Waals surface area (Å²) in [6.45, 7) is 9.91. The Hall–Kier alpha value is -0.980. The Labute approximate surface area is 151 Å². The maximum absolute atomic E-state index is 8.65. The van der Waals surface area contributed by atoms with E-state index < -0.39 is 0 Å². The van der Waals surface area contributed by atoms with Crippen LogP contribution in [0.3, 0.4) is 0 Å². The normalized spacial score (nSPS) is 9.48. The Kier molecular flexibility index (Phi) is 16.8. The molecule has 1 aromatic carbocycles. The number of rotatable bonds is 12. The third-order valence-electron chi connectivity index (χ3n) is 2.76. The highest BCUT2D eigenvalue weighted by atomic mass is 35.5. The number of ether oxygens (including phenoxy) is 2. The minimum Gasteiger partial charge on any atom is -0.490 e. The Balaban J connectivity index is 0. The first kappa shape index (κ1) is 24.3. The van der Waals surface area contributed by atoms with Crippen molar-refractivity contribution in [3.63, 3.8) is 0 Å². The topological polar surface area (TPSA) is 62.8 Å². The summed E-state index contributed by atoms with van der Waals surface area (Å²) in [4.78, 5) is 0. The van der Waals surface area contributed by atoms with Crippen LogP contribution in [0.5, 0.6) is 11.5 Å². The second kappa shape index (κ2) is 15.9. The van der Waals surface area contributed by atoms with Gasteiger partial charge in [-0.3, -0.25) is 0 Å². The summed E-state index contributed by atoms with van der Waals surface area (Å²) in [5, 5.41) is 15.1. The fourth-order valence-corrected chi connectivity index (χ4v) is 1.81. The lowest BCUT2D eigenvalue weighted by molar-refractivity contribution is 0.292. The molecule has 7 heteroatoms. The lowest BCUT2D eigenvalue weighted by Crippen LogP contribution is -2.28. The number of nitrogens with one attached hydrogen (secondary N) is 2. The van der Waals surface area contributed by atoms with Crippen LogP contribution in [-0.4, -0.2) is 44.6 Å². The molecule has 0 aromatic heterocycles. The minimum atomic E-state index is 0. The van der Waals surface area contributed by atoms with Crippen molar-refractivity contribution in [1.82, 2.24) is 10.6 Å². The van der Waals surface area contributed by atoms with Crippen LogP contribution >= 0.6 is 24.8 Å². The van der Waals surface area contributed by atoms with Gasteiger partial charge in [-0.1, -0.05) is 18.7 Å².